The van der Waals surface area contributed by atoms with Crippen molar-refractivity contribution in [3.8, 4) is 0 Å². The SMILES string of the molecule is Clc1ccc(Nc2nc(Cl)nc3sccc23)c(Br)c1. The molecule has 0 bridgehead atoms. The minimum atomic E-state index is 0.225. The van der Waals surface area contributed by atoms with Gasteiger partial charge in [0.25, 0.3) is 0 Å². The second-order valence-electron chi connectivity index (χ2n) is 3.73. The number of aromatic nitrogens is 2. The lowest BCUT2D eigenvalue weighted by Gasteiger charge is -2.09. The van der Waals surface area contributed by atoms with Gasteiger partial charge >= 0.3 is 0 Å². The average Bonchev–Trinajstić information content (AvgIpc) is 2.80. The van der Waals surface area contributed by atoms with Crippen LogP contribution in [0, 0.1) is 0 Å². The largest absolute Gasteiger partial charge is 0.339 e. The van der Waals surface area contributed by atoms with Gasteiger partial charge in [-0.3, -0.25) is 0 Å². The fraction of sp³-hybridized carbons (Fsp3) is 0. The third kappa shape index (κ3) is 2.69. The molecule has 0 spiro atoms. The Morgan fingerprint density at radius 3 is 2.79 bits per heavy atom. The van der Waals surface area contributed by atoms with Gasteiger partial charge in [-0.1, -0.05) is 11.6 Å². The van der Waals surface area contributed by atoms with Crippen LogP contribution in [0.2, 0.25) is 10.3 Å². The summed E-state index contributed by atoms with van der Waals surface area (Å²) in [4.78, 5) is 9.26. The van der Waals surface area contributed by atoms with Gasteiger partial charge < -0.3 is 5.32 Å². The molecule has 0 radical (unpaired) electrons. The number of rotatable bonds is 2. The van der Waals surface area contributed by atoms with Crippen molar-refractivity contribution in [2.75, 3.05) is 5.32 Å². The molecule has 19 heavy (non-hydrogen) atoms. The molecule has 3 nitrogen and oxygen atoms in total. The minimum Gasteiger partial charge on any atom is -0.339 e. The number of hydrogen-bond donors (Lipinski definition) is 1. The third-order valence-electron chi connectivity index (χ3n) is 2.48. The fourth-order valence-corrected chi connectivity index (χ4v) is 3.41. The molecule has 0 aliphatic rings. The lowest BCUT2D eigenvalue weighted by Crippen LogP contribution is -1.96. The zero-order valence-electron chi connectivity index (χ0n) is 9.32. The molecule has 96 valence electrons. The van der Waals surface area contributed by atoms with Crippen molar-refractivity contribution in [1.82, 2.24) is 9.97 Å². The van der Waals surface area contributed by atoms with E-state index in [0.29, 0.717) is 10.8 Å². The Morgan fingerprint density at radius 2 is 2.00 bits per heavy atom. The normalized spacial score (nSPS) is 10.9. The van der Waals surface area contributed by atoms with Crippen LogP contribution >= 0.6 is 50.5 Å². The molecule has 0 aliphatic heterocycles. The molecule has 0 unspecified atom stereocenters. The lowest BCUT2D eigenvalue weighted by molar-refractivity contribution is 1.23. The Labute approximate surface area is 131 Å². The molecule has 0 atom stereocenters. The molecule has 2 heterocycles. The summed E-state index contributed by atoms with van der Waals surface area (Å²) in [6.45, 7) is 0. The minimum absolute atomic E-state index is 0.225. The molecule has 1 aromatic carbocycles. The van der Waals surface area contributed by atoms with Gasteiger partial charge in [0.2, 0.25) is 5.28 Å². The number of benzene rings is 1. The topological polar surface area (TPSA) is 37.8 Å². The van der Waals surface area contributed by atoms with E-state index in [1.165, 1.54) is 11.3 Å². The van der Waals surface area contributed by atoms with Crippen LogP contribution in [0.1, 0.15) is 0 Å². The van der Waals surface area contributed by atoms with Gasteiger partial charge in [-0.05, 0) is 57.2 Å². The Bertz CT molecular complexity index is 760. The summed E-state index contributed by atoms with van der Waals surface area (Å²) in [6, 6.07) is 7.46. The highest BCUT2D eigenvalue weighted by molar-refractivity contribution is 9.10. The molecule has 0 amide bonds. The van der Waals surface area contributed by atoms with E-state index in [1.54, 1.807) is 0 Å². The summed E-state index contributed by atoms with van der Waals surface area (Å²) < 4.78 is 0.859. The van der Waals surface area contributed by atoms with E-state index in [9.17, 15) is 0 Å². The first-order valence-corrected chi connectivity index (χ1v) is 7.69. The number of halogens is 3. The fourth-order valence-electron chi connectivity index (χ4n) is 1.64. The summed E-state index contributed by atoms with van der Waals surface area (Å²) >= 11 is 16.8. The van der Waals surface area contributed by atoms with E-state index in [-0.39, 0.29) is 5.28 Å². The quantitative estimate of drug-likeness (QED) is 0.601. The standard InChI is InChI=1S/C12H6BrCl2N3S/c13-8-5-6(14)1-2-9(8)16-10-7-3-4-19-11(7)18-12(15)17-10/h1-5H,(H,16,17,18). The molecular formula is C12H6BrCl2N3S. The smallest absolute Gasteiger partial charge is 0.225 e. The summed E-state index contributed by atoms with van der Waals surface area (Å²) in [5.74, 6) is 0.680. The van der Waals surface area contributed by atoms with E-state index < -0.39 is 0 Å². The number of fused-ring (bicyclic) bond motifs is 1. The number of anilines is 2. The highest BCUT2D eigenvalue weighted by Crippen LogP contribution is 2.32. The van der Waals surface area contributed by atoms with Crippen LogP contribution in [0.25, 0.3) is 10.2 Å². The van der Waals surface area contributed by atoms with Crippen molar-refractivity contribution in [2.24, 2.45) is 0 Å². The van der Waals surface area contributed by atoms with E-state index in [4.69, 9.17) is 23.2 Å². The lowest BCUT2D eigenvalue weighted by atomic mass is 10.3. The Balaban J connectivity index is 2.07. The maximum atomic E-state index is 5.92. The van der Waals surface area contributed by atoms with Crippen LogP contribution in [-0.2, 0) is 0 Å². The van der Waals surface area contributed by atoms with E-state index >= 15 is 0 Å². The van der Waals surface area contributed by atoms with Crippen molar-refractivity contribution < 1.29 is 0 Å². The molecule has 0 saturated carbocycles. The molecular weight excluding hydrogens is 369 g/mol. The highest BCUT2D eigenvalue weighted by Gasteiger charge is 2.09. The average molecular weight is 375 g/mol. The molecule has 3 rings (SSSR count). The number of hydrogen-bond acceptors (Lipinski definition) is 4. The predicted molar refractivity (Wildman–Crippen MR) is 84.9 cm³/mol. The molecule has 0 aliphatic carbocycles. The second-order valence-corrected chi connectivity index (χ2v) is 6.25. The van der Waals surface area contributed by atoms with Crippen LogP contribution < -0.4 is 5.32 Å². The van der Waals surface area contributed by atoms with E-state index in [1.807, 2.05) is 29.6 Å². The number of nitrogens with one attached hydrogen (secondary N) is 1. The van der Waals surface area contributed by atoms with Crippen LogP contribution in [0.15, 0.2) is 34.1 Å². The molecule has 7 heteroatoms. The van der Waals surface area contributed by atoms with Gasteiger partial charge in [-0.25, -0.2) is 4.98 Å². The summed E-state index contributed by atoms with van der Waals surface area (Å²) in [5, 5.41) is 7.02. The maximum absolute atomic E-state index is 5.92. The van der Waals surface area contributed by atoms with Gasteiger partial charge in [-0.15, -0.1) is 11.3 Å². The first-order chi connectivity index (χ1) is 9.13. The van der Waals surface area contributed by atoms with Crippen LogP contribution in [-0.4, -0.2) is 9.97 Å². The second kappa shape index (κ2) is 5.25. The van der Waals surface area contributed by atoms with Crippen LogP contribution in [0.4, 0.5) is 11.5 Å². The van der Waals surface area contributed by atoms with Gasteiger partial charge in [-0.2, -0.15) is 4.98 Å². The first-order valence-electron chi connectivity index (χ1n) is 5.26. The monoisotopic (exact) mass is 373 g/mol. The Morgan fingerprint density at radius 1 is 1.16 bits per heavy atom. The number of thiophene rings is 1. The van der Waals surface area contributed by atoms with E-state index in [0.717, 1.165) is 20.4 Å². The number of nitrogens with zero attached hydrogens (tertiary/aromatic N) is 2. The molecule has 0 fully saturated rings. The Hall–Kier alpha value is -0.880. The zero-order valence-corrected chi connectivity index (χ0v) is 13.2. The van der Waals surface area contributed by atoms with Gasteiger partial charge in [0.05, 0.1) is 11.1 Å². The van der Waals surface area contributed by atoms with Crippen LogP contribution in [0.5, 0.6) is 0 Å². The predicted octanol–water partition coefficient (Wildman–Crippen LogP) is 5.50. The highest BCUT2D eigenvalue weighted by atomic mass is 79.9. The summed E-state index contributed by atoms with van der Waals surface area (Å²) in [5.41, 5.74) is 0.867. The van der Waals surface area contributed by atoms with Crippen molar-refractivity contribution in [1.29, 1.82) is 0 Å². The first kappa shape index (κ1) is 13.1. The van der Waals surface area contributed by atoms with Gasteiger partial charge in [0.15, 0.2) is 0 Å². The van der Waals surface area contributed by atoms with Crippen molar-refractivity contribution in [2.45, 2.75) is 0 Å². The molecule has 1 N–H and O–H groups in total. The van der Waals surface area contributed by atoms with Crippen molar-refractivity contribution in [3.63, 3.8) is 0 Å². The van der Waals surface area contributed by atoms with Gasteiger partial charge in [0, 0.05) is 9.50 Å². The van der Waals surface area contributed by atoms with Gasteiger partial charge in [0.1, 0.15) is 10.6 Å². The van der Waals surface area contributed by atoms with E-state index in [2.05, 4.69) is 31.2 Å². The summed E-state index contributed by atoms with van der Waals surface area (Å²) in [6.07, 6.45) is 0. The van der Waals surface area contributed by atoms with Crippen molar-refractivity contribution in [3.05, 3.63) is 44.4 Å². The molecule has 0 saturated heterocycles. The molecule has 3 aromatic rings. The molecule has 2 aromatic heterocycles. The van der Waals surface area contributed by atoms with Crippen molar-refractivity contribution >= 4 is 72.2 Å². The summed E-state index contributed by atoms with van der Waals surface area (Å²) in [7, 11) is 0. The zero-order chi connectivity index (χ0) is 13.4. The Kier molecular flexibility index (Phi) is 3.62. The van der Waals surface area contributed by atoms with Crippen LogP contribution in [0.3, 0.4) is 0 Å². The third-order valence-corrected chi connectivity index (χ3v) is 4.35. The maximum Gasteiger partial charge on any atom is 0.225 e.